The van der Waals surface area contributed by atoms with Gasteiger partial charge in [-0.2, -0.15) is 0 Å². The molecule has 0 unspecified atom stereocenters. The second-order valence-electron chi connectivity index (χ2n) is 11.3. The number of hydrogen-bond acceptors (Lipinski definition) is 3. The van der Waals surface area contributed by atoms with Crippen LogP contribution in [0.4, 0.5) is 0 Å². The van der Waals surface area contributed by atoms with Crippen LogP contribution in [-0.2, 0) is 6.42 Å². The number of carbonyl (C=O) groups excluding carboxylic acids is 1. The molecule has 2 aliphatic rings. The number of piperidine rings is 1. The Morgan fingerprint density at radius 3 is 2.63 bits per heavy atom. The average molecular weight is 508 g/mol. The van der Waals surface area contributed by atoms with E-state index >= 15 is 0 Å². The first-order chi connectivity index (χ1) is 18.3. The number of aromatic nitrogens is 1. The number of H-pyrrole nitrogens is 1. The number of aliphatic hydroxyl groups excluding tert-OH is 1. The lowest BCUT2D eigenvalue weighted by Crippen LogP contribution is -2.56. The van der Waals surface area contributed by atoms with E-state index in [1.807, 2.05) is 50.1 Å². The minimum atomic E-state index is -0.495. The molecule has 0 spiro atoms. The van der Waals surface area contributed by atoms with Crippen molar-refractivity contribution in [1.82, 2.24) is 14.8 Å². The van der Waals surface area contributed by atoms with Crippen LogP contribution in [0, 0.1) is 19.8 Å². The summed E-state index contributed by atoms with van der Waals surface area (Å²) in [6, 6.07) is 23.2. The van der Waals surface area contributed by atoms with Crippen molar-refractivity contribution in [3.8, 4) is 11.1 Å². The zero-order valence-corrected chi connectivity index (χ0v) is 22.7. The molecule has 1 amide bonds. The number of hydrogen-bond donors (Lipinski definition) is 2. The second kappa shape index (κ2) is 9.72. The van der Waals surface area contributed by atoms with Gasteiger partial charge >= 0.3 is 0 Å². The Hall–Kier alpha value is -3.41. The molecule has 5 heteroatoms. The third-order valence-electron chi connectivity index (χ3n) is 8.94. The van der Waals surface area contributed by atoms with E-state index in [4.69, 9.17) is 0 Å². The molecular weight excluding hydrogens is 470 g/mol. The van der Waals surface area contributed by atoms with Gasteiger partial charge in [-0.05, 0) is 56.4 Å². The third kappa shape index (κ3) is 4.14. The fourth-order valence-electron chi connectivity index (χ4n) is 6.85. The van der Waals surface area contributed by atoms with E-state index in [9.17, 15) is 9.90 Å². The second-order valence-corrected chi connectivity index (χ2v) is 11.3. The first-order valence-electron chi connectivity index (χ1n) is 13.8. The molecule has 6 rings (SSSR count). The van der Waals surface area contributed by atoms with Gasteiger partial charge in [0.15, 0.2) is 0 Å². The highest BCUT2D eigenvalue weighted by molar-refractivity contribution is 5.97. The van der Waals surface area contributed by atoms with E-state index in [2.05, 4.69) is 59.3 Å². The lowest BCUT2D eigenvalue weighted by Gasteiger charge is -2.49. The Morgan fingerprint density at radius 1 is 1.08 bits per heavy atom. The number of aryl methyl sites for hydroxylation is 2. The molecule has 3 aromatic carbocycles. The highest BCUT2D eigenvalue weighted by atomic mass is 16.3. The summed E-state index contributed by atoms with van der Waals surface area (Å²) < 4.78 is 0. The zero-order valence-electron chi connectivity index (χ0n) is 22.7. The van der Waals surface area contributed by atoms with Gasteiger partial charge in [-0.25, -0.2) is 0 Å². The van der Waals surface area contributed by atoms with Gasteiger partial charge in [-0.15, -0.1) is 0 Å². The predicted octanol–water partition coefficient (Wildman–Crippen LogP) is 5.89. The maximum atomic E-state index is 13.6. The van der Waals surface area contributed by atoms with Crippen molar-refractivity contribution < 1.29 is 9.90 Å². The summed E-state index contributed by atoms with van der Waals surface area (Å²) in [5.74, 6) is 0.0274. The topological polar surface area (TPSA) is 59.6 Å². The fourth-order valence-corrected chi connectivity index (χ4v) is 6.85. The molecule has 4 atom stereocenters. The molecular formula is C33H37N3O2. The van der Waals surface area contributed by atoms with E-state index in [1.54, 1.807) is 0 Å². The van der Waals surface area contributed by atoms with Gasteiger partial charge in [0.05, 0.1) is 17.7 Å². The van der Waals surface area contributed by atoms with E-state index in [0.29, 0.717) is 0 Å². The van der Waals surface area contributed by atoms with Crippen LogP contribution in [0.1, 0.15) is 52.1 Å². The van der Waals surface area contributed by atoms with E-state index in [-0.39, 0.29) is 23.9 Å². The van der Waals surface area contributed by atoms with Crippen molar-refractivity contribution >= 4 is 16.8 Å². The van der Waals surface area contributed by atoms with Crippen molar-refractivity contribution in [2.24, 2.45) is 5.92 Å². The maximum Gasteiger partial charge on any atom is 0.254 e. The minimum absolute atomic E-state index is 0.00185. The number of nitrogens with zero attached hydrogens (tertiary/aromatic N) is 2. The number of para-hydroxylation sites is 1. The lowest BCUT2D eigenvalue weighted by atomic mass is 9.79. The molecule has 196 valence electrons. The third-order valence-corrected chi connectivity index (χ3v) is 8.94. The largest absolute Gasteiger partial charge is 0.393 e. The fraction of sp³-hybridized carbons (Fsp3) is 0.364. The molecule has 1 fully saturated rings. The van der Waals surface area contributed by atoms with Gasteiger partial charge in [-0.3, -0.25) is 9.69 Å². The van der Waals surface area contributed by atoms with Crippen LogP contribution in [0.3, 0.4) is 0 Å². The lowest BCUT2D eigenvalue weighted by molar-refractivity contribution is -0.0239. The number of aromatic amines is 1. The number of fused-ring (bicyclic) bond motifs is 5. The molecule has 0 radical (unpaired) electrons. The molecule has 2 N–H and O–H groups in total. The summed E-state index contributed by atoms with van der Waals surface area (Å²) in [5, 5.41) is 12.1. The van der Waals surface area contributed by atoms with Gasteiger partial charge in [0.1, 0.15) is 0 Å². The molecule has 38 heavy (non-hydrogen) atoms. The number of aliphatic hydroxyl groups is 1. The first-order valence-corrected chi connectivity index (χ1v) is 13.8. The van der Waals surface area contributed by atoms with Crippen LogP contribution in [0.25, 0.3) is 22.0 Å². The highest BCUT2D eigenvalue weighted by Gasteiger charge is 2.44. The van der Waals surface area contributed by atoms with Gasteiger partial charge in [0.25, 0.3) is 5.91 Å². The summed E-state index contributed by atoms with van der Waals surface area (Å²) in [7, 11) is 1.91. The van der Waals surface area contributed by atoms with Crippen LogP contribution in [0.2, 0.25) is 0 Å². The first kappa shape index (κ1) is 24.9. The molecule has 0 aliphatic carbocycles. The summed E-state index contributed by atoms with van der Waals surface area (Å²) in [4.78, 5) is 21.9. The highest BCUT2D eigenvalue weighted by Crippen LogP contribution is 2.44. The van der Waals surface area contributed by atoms with Crippen LogP contribution < -0.4 is 0 Å². The maximum absolute atomic E-state index is 13.6. The number of amides is 1. The zero-order chi connectivity index (χ0) is 26.6. The summed E-state index contributed by atoms with van der Waals surface area (Å²) in [6.07, 6.45) is 1.28. The summed E-state index contributed by atoms with van der Waals surface area (Å²) in [6.45, 7) is 7.73. The monoisotopic (exact) mass is 507 g/mol. The Bertz CT molecular complexity index is 1500. The quantitative estimate of drug-likeness (QED) is 0.362. The van der Waals surface area contributed by atoms with E-state index in [1.165, 1.54) is 38.9 Å². The molecule has 0 saturated carbocycles. The minimum Gasteiger partial charge on any atom is -0.393 e. The summed E-state index contributed by atoms with van der Waals surface area (Å²) in [5.41, 5.74) is 9.30. The smallest absolute Gasteiger partial charge is 0.254 e. The van der Waals surface area contributed by atoms with Crippen molar-refractivity contribution in [3.05, 3.63) is 94.7 Å². The van der Waals surface area contributed by atoms with Gasteiger partial charge in [-0.1, -0.05) is 66.2 Å². The van der Waals surface area contributed by atoms with Crippen molar-refractivity contribution in [2.75, 3.05) is 20.1 Å². The van der Waals surface area contributed by atoms with E-state index in [0.717, 1.165) is 37.1 Å². The average Bonchev–Trinajstić information content (AvgIpc) is 3.31. The van der Waals surface area contributed by atoms with E-state index < -0.39 is 6.10 Å². The SMILES string of the molecule is Cc1cccc(-c2cccc3c4c([nH]c23)[C@@H]2C[C@H](N(C)C(=O)c3ccccc3C)[C@H]([C@H](C)O)CN2CC4)c1. The van der Waals surface area contributed by atoms with Gasteiger partial charge in [0.2, 0.25) is 0 Å². The van der Waals surface area contributed by atoms with Gasteiger partial charge in [0, 0.05) is 54.3 Å². The molecule has 1 saturated heterocycles. The van der Waals surface area contributed by atoms with Crippen LogP contribution >= 0.6 is 0 Å². The Labute approximate surface area is 225 Å². The van der Waals surface area contributed by atoms with Crippen LogP contribution in [-0.4, -0.2) is 58.1 Å². The van der Waals surface area contributed by atoms with Gasteiger partial charge < -0.3 is 15.0 Å². The van der Waals surface area contributed by atoms with Crippen molar-refractivity contribution in [2.45, 2.75) is 51.8 Å². The number of rotatable bonds is 4. The predicted molar refractivity (Wildman–Crippen MR) is 153 cm³/mol. The van der Waals surface area contributed by atoms with Crippen molar-refractivity contribution in [1.29, 1.82) is 0 Å². The van der Waals surface area contributed by atoms with Crippen LogP contribution in [0.15, 0.2) is 66.7 Å². The van der Waals surface area contributed by atoms with Crippen molar-refractivity contribution in [3.63, 3.8) is 0 Å². The van der Waals surface area contributed by atoms with Crippen LogP contribution in [0.5, 0.6) is 0 Å². The number of nitrogens with one attached hydrogen (secondary N) is 1. The Morgan fingerprint density at radius 2 is 1.87 bits per heavy atom. The Kier molecular flexibility index (Phi) is 6.37. The standard InChI is InChI=1S/C33H37N3O2/c1-20-9-7-11-23(17-20)25-13-8-14-26-27-15-16-36-19-28(22(3)37)29(18-30(36)32(27)34-31(25)26)35(4)33(38)24-12-6-5-10-21(24)2/h5-14,17,22,28-30,34,37H,15-16,18-19H2,1-4H3/t22-,28-,29-,30-/m0/s1. The number of benzene rings is 3. The summed E-state index contributed by atoms with van der Waals surface area (Å²) >= 11 is 0. The Balaban J connectivity index is 1.39. The molecule has 0 bridgehead atoms. The molecule has 3 heterocycles. The number of carbonyl (C=O) groups is 1. The molecule has 1 aromatic heterocycles. The normalized spacial score (nSPS) is 22.1. The molecule has 2 aliphatic heterocycles. The molecule has 5 nitrogen and oxygen atoms in total. The molecule has 4 aromatic rings.